The van der Waals surface area contributed by atoms with Crippen molar-refractivity contribution in [3.8, 4) is 0 Å². The van der Waals surface area contributed by atoms with Crippen LogP contribution < -0.4 is 0 Å². The Morgan fingerprint density at radius 1 is 1.13 bits per heavy atom. The summed E-state index contributed by atoms with van der Waals surface area (Å²) < 4.78 is 0.856. The van der Waals surface area contributed by atoms with Crippen molar-refractivity contribution in [2.75, 3.05) is 17.3 Å². The van der Waals surface area contributed by atoms with Crippen LogP contribution in [0.4, 0.5) is 0 Å². The lowest BCUT2D eigenvalue weighted by atomic mass is 10.4. The first-order valence-corrected chi connectivity index (χ1v) is 8.44. The Bertz CT molecular complexity index is 267. The van der Waals surface area contributed by atoms with Gasteiger partial charge in [0.25, 0.3) is 0 Å². The summed E-state index contributed by atoms with van der Waals surface area (Å²) in [5, 5.41) is 0. The van der Waals surface area contributed by atoms with E-state index >= 15 is 0 Å². The molecule has 0 unspecified atom stereocenters. The molecule has 0 N–H and O–H groups in total. The van der Waals surface area contributed by atoms with E-state index in [0.717, 1.165) is 4.58 Å². The highest BCUT2D eigenvalue weighted by Crippen LogP contribution is 2.34. The third kappa shape index (κ3) is 4.33. The predicted molar refractivity (Wildman–Crippen MR) is 75.1 cm³/mol. The van der Waals surface area contributed by atoms with Crippen molar-refractivity contribution < 1.29 is 0 Å². The lowest BCUT2D eigenvalue weighted by Gasteiger charge is -2.20. The smallest absolute Gasteiger partial charge is 0.0510 e. The number of benzene rings is 1. The lowest BCUT2D eigenvalue weighted by Crippen LogP contribution is -2.07. The number of rotatable bonds is 4. The van der Waals surface area contributed by atoms with Gasteiger partial charge in [0.05, 0.1) is 4.58 Å². The van der Waals surface area contributed by atoms with E-state index in [1.807, 2.05) is 11.8 Å². The van der Waals surface area contributed by atoms with E-state index in [1.165, 1.54) is 35.0 Å². The zero-order valence-corrected chi connectivity index (χ0v) is 11.2. The van der Waals surface area contributed by atoms with Gasteiger partial charge in [-0.25, -0.2) is 0 Å². The minimum absolute atomic E-state index is 0.856. The summed E-state index contributed by atoms with van der Waals surface area (Å²) in [7, 11) is 0. The maximum absolute atomic E-state index is 2.20. The SMILES string of the molecule is c1ccc(SCCC2SCCCS2)cc1. The molecule has 0 saturated carbocycles. The second-order valence-corrected chi connectivity index (χ2v) is 7.56. The second kappa shape index (κ2) is 6.77. The van der Waals surface area contributed by atoms with Crippen molar-refractivity contribution in [3.05, 3.63) is 30.3 Å². The topological polar surface area (TPSA) is 0 Å². The van der Waals surface area contributed by atoms with Gasteiger partial charge in [-0.05, 0) is 42.2 Å². The summed E-state index contributed by atoms with van der Waals surface area (Å²) in [4.78, 5) is 1.41. The van der Waals surface area contributed by atoms with E-state index in [1.54, 1.807) is 0 Å². The van der Waals surface area contributed by atoms with Gasteiger partial charge in [-0.3, -0.25) is 0 Å². The molecule has 1 aromatic carbocycles. The van der Waals surface area contributed by atoms with Gasteiger partial charge < -0.3 is 0 Å². The summed E-state index contributed by atoms with van der Waals surface area (Å²) in [5.74, 6) is 4.00. The van der Waals surface area contributed by atoms with Crippen molar-refractivity contribution in [1.29, 1.82) is 0 Å². The second-order valence-electron chi connectivity index (χ2n) is 3.47. The molecule has 1 fully saturated rings. The molecular formula is C12H16S3. The van der Waals surface area contributed by atoms with E-state index < -0.39 is 0 Å². The molecule has 0 bridgehead atoms. The van der Waals surface area contributed by atoms with Crippen LogP contribution >= 0.6 is 35.3 Å². The molecule has 0 radical (unpaired) electrons. The van der Waals surface area contributed by atoms with Crippen LogP contribution in [-0.2, 0) is 0 Å². The van der Waals surface area contributed by atoms with Gasteiger partial charge in [0.1, 0.15) is 0 Å². The molecule has 1 saturated heterocycles. The van der Waals surface area contributed by atoms with E-state index in [-0.39, 0.29) is 0 Å². The van der Waals surface area contributed by atoms with Crippen molar-refractivity contribution in [1.82, 2.24) is 0 Å². The Hall–Kier alpha value is 0.270. The normalized spacial score (nSPS) is 17.9. The standard InChI is InChI=1S/C12H16S3/c1-2-5-11(6-3-1)13-10-7-12-14-8-4-9-15-12/h1-3,5-6,12H,4,7-10H2. The molecule has 0 aromatic heterocycles. The van der Waals surface area contributed by atoms with Crippen molar-refractivity contribution >= 4 is 35.3 Å². The van der Waals surface area contributed by atoms with Crippen LogP contribution in [0.15, 0.2) is 35.2 Å². The molecule has 0 nitrogen and oxygen atoms in total. The molecule has 0 amide bonds. The summed E-state index contributed by atoms with van der Waals surface area (Å²) in [5.41, 5.74) is 0. The number of hydrogen-bond donors (Lipinski definition) is 0. The molecular weight excluding hydrogens is 240 g/mol. The van der Waals surface area contributed by atoms with Gasteiger partial charge in [0, 0.05) is 4.90 Å². The Balaban J connectivity index is 1.66. The van der Waals surface area contributed by atoms with Crippen molar-refractivity contribution in [3.63, 3.8) is 0 Å². The maximum Gasteiger partial charge on any atom is 0.0510 e. The monoisotopic (exact) mass is 256 g/mol. The molecule has 1 aliphatic heterocycles. The Morgan fingerprint density at radius 2 is 1.87 bits per heavy atom. The molecule has 82 valence electrons. The zero-order valence-electron chi connectivity index (χ0n) is 8.72. The van der Waals surface area contributed by atoms with Gasteiger partial charge in [-0.15, -0.1) is 35.3 Å². The third-order valence-electron chi connectivity index (χ3n) is 2.26. The van der Waals surface area contributed by atoms with Crippen LogP contribution in [0.3, 0.4) is 0 Å². The number of hydrogen-bond acceptors (Lipinski definition) is 3. The number of thioether (sulfide) groups is 3. The fourth-order valence-corrected chi connectivity index (χ4v) is 5.59. The first kappa shape index (κ1) is 11.7. The third-order valence-corrected chi connectivity index (χ3v) is 6.39. The zero-order chi connectivity index (χ0) is 10.3. The first-order chi connectivity index (χ1) is 7.45. The van der Waals surface area contributed by atoms with Crippen molar-refractivity contribution in [2.45, 2.75) is 22.3 Å². The molecule has 3 heteroatoms. The largest absolute Gasteiger partial charge is 0.148 e. The van der Waals surface area contributed by atoms with Crippen molar-refractivity contribution in [2.24, 2.45) is 0 Å². The maximum atomic E-state index is 2.20. The lowest BCUT2D eigenvalue weighted by molar-refractivity contribution is 1.02. The molecule has 0 spiro atoms. The Labute approximate surface area is 105 Å². The minimum Gasteiger partial charge on any atom is -0.148 e. The minimum atomic E-state index is 0.856. The fourth-order valence-electron chi connectivity index (χ4n) is 1.49. The van der Waals surface area contributed by atoms with E-state index in [4.69, 9.17) is 0 Å². The van der Waals surface area contributed by atoms with Gasteiger partial charge in [0.2, 0.25) is 0 Å². The van der Waals surface area contributed by atoms with Crippen LogP contribution in [0.1, 0.15) is 12.8 Å². The summed E-state index contributed by atoms with van der Waals surface area (Å²) in [6, 6.07) is 10.7. The Morgan fingerprint density at radius 3 is 2.60 bits per heavy atom. The Kier molecular flexibility index (Phi) is 5.30. The molecule has 1 aliphatic rings. The molecule has 1 aromatic rings. The fraction of sp³-hybridized carbons (Fsp3) is 0.500. The average Bonchev–Trinajstić information content (AvgIpc) is 2.32. The van der Waals surface area contributed by atoms with E-state index in [0.29, 0.717) is 0 Å². The molecule has 1 heterocycles. The highest BCUT2D eigenvalue weighted by molar-refractivity contribution is 8.17. The summed E-state index contributed by atoms with van der Waals surface area (Å²) >= 11 is 6.28. The molecule has 2 rings (SSSR count). The van der Waals surface area contributed by atoms with Crippen LogP contribution in [0, 0.1) is 0 Å². The van der Waals surface area contributed by atoms with Crippen LogP contribution in [0.2, 0.25) is 0 Å². The first-order valence-electron chi connectivity index (χ1n) is 5.36. The van der Waals surface area contributed by atoms with Crippen LogP contribution in [0.5, 0.6) is 0 Å². The molecule has 0 aliphatic carbocycles. The van der Waals surface area contributed by atoms with Gasteiger partial charge >= 0.3 is 0 Å². The van der Waals surface area contributed by atoms with Crippen LogP contribution in [0.25, 0.3) is 0 Å². The summed E-state index contributed by atoms with van der Waals surface area (Å²) in [6.07, 6.45) is 2.74. The quantitative estimate of drug-likeness (QED) is 0.734. The van der Waals surface area contributed by atoms with Gasteiger partial charge in [0.15, 0.2) is 0 Å². The van der Waals surface area contributed by atoms with E-state index in [2.05, 4.69) is 53.9 Å². The molecule has 0 atom stereocenters. The highest BCUT2D eigenvalue weighted by Gasteiger charge is 2.13. The molecule has 15 heavy (non-hydrogen) atoms. The summed E-state index contributed by atoms with van der Waals surface area (Å²) in [6.45, 7) is 0. The average molecular weight is 256 g/mol. The van der Waals surface area contributed by atoms with Crippen LogP contribution in [-0.4, -0.2) is 21.8 Å². The highest BCUT2D eigenvalue weighted by atomic mass is 32.2. The predicted octanol–water partition coefficient (Wildman–Crippen LogP) is 4.37. The van der Waals surface area contributed by atoms with Gasteiger partial charge in [-0.2, -0.15) is 0 Å². The van der Waals surface area contributed by atoms with E-state index in [9.17, 15) is 0 Å². The van der Waals surface area contributed by atoms with Gasteiger partial charge in [-0.1, -0.05) is 18.2 Å².